The normalized spacial score (nSPS) is 24.1. The molecule has 0 aliphatic heterocycles. The number of phenols is 1. The number of hydrogen-bond donors (Lipinski definition) is 5. The van der Waals surface area contributed by atoms with Gasteiger partial charge in [-0.25, -0.2) is 4.39 Å². The van der Waals surface area contributed by atoms with Crippen molar-refractivity contribution in [1.82, 2.24) is 9.80 Å². The number of nitrogens with two attached hydrogens (primary N) is 1. The molecule has 0 saturated heterocycles. The molecule has 1 unspecified atom stereocenters. The topological polar surface area (TPSA) is 168 Å². The van der Waals surface area contributed by atoms with E-state index in [9.17, 15) is 39.2 Å². The molecular weight excluding hydrogens is 523 g/mol. The number of alkyl halides is 1. The average molecular weight is 565 g/mol. The number of aromatic hydroxyl groups is 1. The summed E-state index contributed by atoms with van der Waals surface area (Å²) < 4.78 is 13.3. The molecule has 0 spiro atoms. The van der Waals surface area contributed by atoms with Gasteiger partial charge in [0.15, 0.2) is 17.2 Å². The minimum atomic E-state index is -2.67. The third-order valence-corrected chi connectivity index (χ3v) is 8.44. The van der Waals surface area contributed by atoms with Gasteiger partial charge in [-0.1, -0.05) is 0 Å². The fourth-order valence-electron chi connectivity index (χ4n) is 6.01. The van der Waals surface area contributed by atoms with Crippen molar-refractivity contribution in [2.75, 3.05) is 53.4 Å². The van der Waals surface area contributed by atoms with E-state index < -0.39 is 72.5 Å². The number of nitrogens with zero attached hydrogens (tertiary/aromatic N) is 3. The summed E-state index contributed by atoms with van der Waals surface area (Å²) in [5, 5.41) is 44.7. The highest BCUT2D eigenvalue weighted by Crippen LogP contribution is 2.51. The zero-order valence-corrected chi connectivity index (χ0v) is 23.9. The Morgan fingerprint density at radius 2 is 1.82 bits per heavy atom. The van der Waals surface area contributed by atoms with Crippen molar-refractivity contribution in [2.45, 2.75) is 50.4 Å². The van der Waals surface area contributed by atoms with E-state index in [1.165, 1.54) is 0 Å². The predicted octanol–water partition coefficient (Wildman–Crippen LogP) is 0.533. The number of aliphatic hydroxyl groups excluding tert-OH is 2. The monoisotopic (exact) mass is 564 g/mol. The molecular formula is C28H41FN4O7. The molecule has 12 heteroatoms. The molecule has 11 nitrogen and oxygen atoms in total. The number of anilines is 1. The summed E-state index contributed by atoms with van der Waals surface area (Å²) in [6, 6.07) is 0.503. The fourth-order valence-corrected chi connectivity index (χ4v) is 6.01. The number of carbonyl (C=O) groups excluding carboxylic acids is 3. The van der Waals surface area contributed by atoms with Crippen LogP contribution in [0.25, 0.3) is 0 Å². The molecule has 3 rings (SSSR count). The molecule has 2 aliphatic carbocycles. The first-order valence-corrected chi connectivity index (χ1v) is 13.2. The minimum Gasteiger partial charge on any atom is -0.508 e. The van der Waals surface area contributed by atoms with Gasteiger partial charge in [-0.3, -0.25) is 19.3 Å². The zero-order chi connectivity index (χ0) is 30.3. The quantitative estimate of drug-likeness (QED) is 0.239. The van der Waals surface area contributed by atoms with Crippen molar-refractivity contribution in [1.29, 1.82) is 0 Å². The van der Waals surface area contributed by atoms with Crippen LogP contribution in [-0.2, 0) is 22.6 Å². The van der Waals surface area contributed by atoms with E-state index in [1.807, 2.05) is 0 Å². The van der Waals surface area contributed by atoms with Crippen LogP contribution in [0, 0.1) is 11.8 Å². The van der Waals surface area contributed by atoms with Gasteiger partial charge in [-0.15, -0.1) is 0 Å². The number of fused-ring (bicyclic) bond motifs is 2. The number of allylic oxidation sites excluding steroid dienone is 1. The summed E-state index contributed by atoms with van der Waals surface area (Å²) >= 11 is 0. The second kappa shape index (κ2) is 11.8. The Hall–Kier alpha value is -3.06. The van der Waals surface area contributed by atoms with Gasteiger partial charge in [0, 0.05) is 55.5 Å². The molecule has 0 fully saturated rings. The number of rotatable bonds is 11. The van der Waals surface area contributed by atoms with Crippen molar-refractivity contribution >= 4 is 23.2 Å². The van der Waals surface area contributed by atoms with E-state index in [0.29, 0.717) is 16.8 Å². The summed E-state index contributed by atoms with van der Waals surface area (Å²) in [6.07, 6.45) is -0.660. The number of ketones is 2. The Bertz CT molecular complexity index is 1220. The zero-order valence-electron chi connectivity index (χ0n) is 23.9. The Labute approximate surface area is 233 Å². The maximum atomic E-state index is 14.1. The smallest absolute Gasteiger partial charge is 0.225 e. The van der Waals surface area contributed by atoms with E-state index in [-0.39, 0.29) is 36.3 Å². The number of halogens is 1. The third kappa shape index (κ3) is 5.32. The molecule has 6 N–H and O–H groups in total. The van der Waals surface area contributed by atoms with Crippen molar-refractivity contribution in [2.24, 2.45) is 17.6 Å². The first-order chi connectivity index (χ1) is 18.6. The molecule has 0 saturated carbocycles. The Morgan fingerprint density at radius 3 is 2.33 bits per heavy atom. The lowest BCUT2D eigenvalue weighted by atomic mass is 9.61. The van der Waals surface area contributed by atoms with Crippen LogP contribution < -0.4 is 10.6 Å². The number of amides is 1. The molecule has 2 aliphatic rings. The van der Waals surface area contributed by atoms with E-state index in [1.54, 1.807) is 62.9 Å². The van der Waals surface area contributed by atoms with Crippen LogP contribution in [0.2, 0.25) is 0 Å². The molecule has 1 aromatic carbocycles. The Kier molecular flexibility index (Phi) is 9.29. The first-order valence-electron chi connectivity index (χ1n) is 13.2. The predicted molar refractivity (Wildman–Crippen MR) is 147 cm³/mol. The van der Waals surface area contributed by atoms with Crippen molar-refractivity contribution < 1.29 is 39.2 Å². The number of hydrogen-bond acceptors (Lipinski definition) is 10. The van der Waals surface area contributed by atoms with Gasteiger partial charge >= 0.3 is 0 Å². The van der Waals surface area contributed by atoms with Crippen LogP contribution in [-0.4, -0.2) is 114 Å². The van der Waals surface area contributed by atoms with Crippen LogP contribution >= 0.6 is 0 Å². The minimum absolute atomic E-state index is 0.0289. The molecule has 222 valence electrons. The lowest BCUT2D eigenvalue weighted by molar-refractivity contribution is -0.151. The van der Waals surface area contributed by atoms with E-state index in [0.717, 1.165) is 0 Å². The number of benzene rings is 1. The van der Waals surface area contributed by atoms with Crippen molar-refractivity contribution in [3.8, 4) is 5.75 Å². The number of primary amides is 1. The van der Waals surface area contributed by atoms with Gasteiger partial charge in [0.2, 0.25) is 5.91 Å². The van der Waals surface area contributed by atoms with Crippen LogP contribution in [0.4, 0.5) is 10.1 Å². The second-order valence-corrected chi connectivity index (χ2v) is 11.5. The maximum absolute atomic E-state index is 14.1. The van der Waals surface area contributed by atoms with E-state index >= 15 is 0 Å². The maximum Gasteiger partial charge on any atom is 0.225 e. The number of aliphatic hydroxyl groups is 3. The third-order valence-electron chi connectivity index (χ3n) is 8.44. The first kappa shape index (κ1) is 31.5. The van der Waals surface area contributed by atoms with Gasteiger partial charge in [0.25, 0.3) is 0 Å². The summed E-state index contributed by atoms with van der Waals surface area (Å²) in [4.78, 5) is 44.0. The molecule has 0 heterocycles. The average Bonchev–Trinajstić information content (AvgIpc) is 2.87. The van der Waals surface area contributed by atoms with Crippen molar-refractivity contribution in [3.63, 3.8) is 0 Å². The van der Waals surface area contributed by atoms with E-state index in [4.69, 9.17) is 5.73 Å². The number of carbonyl (C=O) groups is 3. The van der Waals surface area contributed by atoms with Gasteiger partial charge in [0.1, 0.15) is 18.2 Å². The molecule has 5 atom stereocenters. The van der Waals surface area contributed by atoms with Gasteiger partial charge < -0.3 is 36.0 Å². The highest BCUT2D eigenvalue weighted by atomic mass is 19.1. The summed E-state index contributed by atoms with van der Waals surface area (Å²) in [7, 11) is 8.55. The lowest BCUT2D eigenvalue weighted by Crippen LogP contribution is -2.60. The van der Waals surface area contributed by atoms with Crippen LogP contribution in [0.1, 0.15) is 41.3 Å². The fraction of sp³-hybridized carbons (Fsp3) is 0.607. The number of Topliss-reactive ketones (excluding diaryl/α,β-unsaturated/α-hetero) is 2. The van der Waals surface area contributed by atoms with Gasteiger partial charge in [-0.05, 0) is 58.5 Å². The highest BCUT2D eigenvalue weighted by molar-refractivity contribution is 6.15. The standard InChI is InChI=1S/C28H41FN4O7/c1-14(11-29)33(6)12-16-9-19(31(2)3)17-7-15-8-18(20(13-34)32(4)5)28(40,21(35)10-22(30)36)27(39)23(15)26(38)24(17)25(16)37/h9,14-15,18,20,34,37,39-40H,7-8,10-13H2,1-6H3,(H2,30,36)/t14?,15-,18-,20+,28+/m0/s1. The molecule has 0 radical (unpaired) electrons. The van der Waals surface area contributed by atoms with Crippen molar-refractivity contribution in [3.05, 3.63) is 34.1 Å². The SMILES string of the molecule is CC(CF)N(C)Cc1cc(N(C)C)c2c(c1O)C(=O)C1=C(O)[C@](O)(C(=O)CC(N)=O)[C@H]([C@@H](CO)N(C)C)C[C@@H]1C2. The van der Waals surface area contributed by atoms with Crippen LogP contribution in [0.5, 0.6) is 5.75 Å². The summed E-state index contributed by atoms with van der Waals surface area (Å²) in [5.41, 5.74) is 3.86. The molecule has 0 bridgehead atoms. The molecule has 1 aromatic rings. The summed E-state index contributed by atoms with van der Waals surface area (Å²) in [5.74, 6) is -5.80. The molecule has 0 aromatic heterocycles. The van der Waals surface area contributed by atoms with E-state index in [2.05, 4.69) is 0 Å². The van der Waals surface area contributed by atoms with Gasteiger partial charge in [-0.2, -0.15) is 0 Å². The van der Waals surface area contributed by atoms with Crippen LogP contribution in [0.15, 0.2) is 17.4 Å². The van der Waals surface area contributed by atoms with Crippen LogP contribution in [0.3, 0.4) is 0 Å². The van der Waals surface area contributed by atoms with Gasteiger partial charge in [0.05, 0.1) is 18.6 Å². The molecule has 1 amide bonds. The number of phenolic OH excluding ortho intramolecular Hbond substituents is 1. The Morgan fingerprint density at radius 1 is 1.20 bits per heavy atom. The number of likely N-dealkylation sites (N-methyl/N-ethyl adjacent to an activating group) is 1. The Balaban J connectivity index is 2.27. The second-order valence-electron chi connectivity index (χ2n) is 11.5. The highest BCUT2D eigenvalue weighted by Gasteiger charge is 2.58. The largest absolute Gasteiger partial charge is 0.508 e. The molecule has 40 heavy (non-hydrogen) atoms. The lowest BCUT2D eigenvalue weighted by Gasteiger charge is -2.47. The summed E-state index contributed by atoms with van der Waals surface area (Å²) in [6.45, 7) is 0.750.